The van der Waals surface area contributed by atoms with E-state index >= 15 is 0 Å². The molecule has 1 aromatic carbocycles. The monoisotopic (exact) mass is 293 g/mol. The van der Waals surface area contributed by atoms with Gasteiger partial charge in [0, 0.05) is 0 Å². The maximum absolute atomic E-state index is 12.5. The number of carbonyl (C=O) groups is 1. The Morgan fingerprint density at radius 2 is 1.80 bits per heavy atom. The second-order valence-corrected chi connectivity index (χ2v) is 4.47. The van der Waals surface area contributed by atoms with Crippen LogP contribution in [0.4, 0.5) is 22.4 Å². The Hall–Kier alpha value is -1.79. The molecule has 0 heterocycles. The molecule has 1 amide bonds. The smallest absolute Gasteiger partial charge is 0.489 e. The Morgan fingerprint density at radius 1 is 1.30 bits per heavy atom. The third kappa shape index (κ3) is 3.85. The summed E-state index contributed by atoms with van der Waals surface area (Å²) in [6, 6.07) is 3.81. The average Bonchev–Trinajstić information content (AvgIpc) is 2.25. The van der Waals surface area contributed by atoms with E-state index in [1.165, 1.54) is 0 Å². The summed E-state index contributed by atoms with van der Waals surface area (Å²) in [5.74, 6) is 0.438. The number of hydrogen-bond donors (Lipinski definition) is 0. The van der Waals surface area contributed by atoms with Crippen LogP contribution in [0.25, 0.3) is 0 Å². The lowest BCUT2D eigenvalue weighted by atomic mass is 10.1. The average molecular weight is 293 g/mol. The van der Waals surface area contributed by atoms with Crippen molar-refractivity contribution in [1.82, 2.24) is 4.90 Å². The van der Waals surface area contributed by atoms with Gasteiger partial charge in [-0.1, -0.05) is 18.2 Å². The molecule has 112 valence electrons. The first-order chi connectivity index (χ1) is 9.14. The maximum Gasteiger partial charge on any atom is 0.489 e. The van der Waals surface area contributed by atoms with Gasteiger partial charge in [0.1, 0.15) is 12.4 Å². The van der Waals surface area contributed by atoms with Gasteiger partial charge in [-0.05, 0) is 31.9 Å². The molecule has 0 radical (unpaired) electrons. The molecule has 0 aliphatic heterocycles. The summed E-state index contributed by atoms with van der Waals surface area (Å²) in [5.41, 5.74) is 1.50. The van der Waals surface area contributed by atoms with E-state index in [0.29, 0.717) is 5.75 Å². The molecule has 1 rings (SSSR count). The highest BCUT2D eigenvalue weighted by Crippen LogP contribution is 2.27. The number of halogens is 4. The molecule has 1 atom stereocenters. The molecule has 0 aliphatic rings. The van der Waals surface area contributed by atoms with Gasteiger partial charge in [0.05, 0.1) is 6.04 Å². The number of carbonyl (C=O) groups excluding carboxylic acids is 1. The number of hydrogen-bond acceptors (Lipinski definition) is 2. The lowest BCUT2D eigenvalue weighted by molar-refractivity contribution is -0.238. The van der Waals surface area contributed by atoms with Crippen molar-refractivity contribution >= 4 is 6.16 Å². The molecule has 1 aromatic rings. The molecule has 0 saturated heterocycles. The van der Waals surface area contributed by atoms with E-state index in [-0.39, 0.29) is 0 Å². The minimum Gasteiger partial charge on any atom is -0.491 e. The van der Waals surface area contributed by atoms with E-state index < -0.39 is 30.0 Å². The van der Waals surface area contributed by atoms with Crippen LogP contribution < -0.4 is 4.74 Å². The van der Waals surface area contributed by atoms with Gasteiger partial charge in [-0.25, -0.2) is 9.69 Å². The largest absolute Gasteiger partial charge is 0.491 e. The first-order valence-electron chi connectivity index (χ1n) is 5.89. The van der Waals surface area contributed by atoms with Gasteiger partial charge in [-0.3, -0.25) is 0 Å². The van der Waals surface area contributed by atoms with Crippen molar-refractivity contribution in [1.29, 1.82) is 0 Å². The van der Waals surface area contributed by atoms with Crippen molar-refractivity contribution in [2.45, 2.75) is 33.1 Å². The highest BCUT2D eigenvalue weighted by molar-refractivity contribution is 5.66. The van der Waals surface area contributed by atoms with Gasteiger partial charge in [0.2, 0.25) is 0 Å². The summed E-state index contributed by atoms with van der Waals surface area (Å²) >= 11 is 0. The summed E-state index contributed by atoms with van der Waals surface area (Å²) in [5, 5.41) is 0. The Balaban J connectivity index is 2.81. The minimum absolute atomic E-state index is 0.438. The molecule has 0 aliphatic carbocycles. The molecule has 3 nitrogen and oxygen atoms in total. The van der Waals surface area contributed by atoms with Crippen molar-refractivity contribution in [3.05, 3.63) is 29.3 Å². The predicted octanol–water partition coefficient (Wildman–Crippen LogP) is 3.98. The Labute approximate surface area is 114 Å². The lowest BCUT2D eigenvalue weighted by Gasteiger charge is -2.28. The molecule has 0 bridgehead atoms. The number of alkyl halides is 3. The molecule has 1 unspecified atom stereocenters. The summed E-state index contributed by atoms with van der Waals surface area (Å²) in [6.45, 7) is 4.10. The summed E-state index contributed by atoms with van der Waals surface area (Å²) < 4.78 is 55.3. The number of ether oxygens (including phenoxy) is 1. The molecule has 0 spiro atoms. The van der Waals surface area contributed by atoms with Gasteiger partial charge >= 0.3 is 12.5 Å². The molecule has 0 aromatic heterocycles. The second-order valence-electron chi connectivity index (χ2n) is 4.47. The van der Waals surface area contributed by atoms with Crippen LogP contribution in [0.1, 0.15) is 18.1 Å². The Bertz CT molecular complexity index is 467. The summed E-state index contributed by atoms with van der Waals surface area (Å²) in [7, 11) is 0. The maximum atomic E-state index is 12.5. The minimum atomic E-state index is -5.07. The lowest BCUT2D eigenvalue weighted by Crippen LogP contribution is -2.48. The summed E-state index contributed by atoms with van der Waals surface area (Å²) in [4.78, 5) is 9.67. The number of nitrogens with zero attached hydrogens (tertiary/aromatic N) is 1. The standard InChI is InChI=1S/C13H15F4NO2/c1-8-5-4-6-9(2)11(8)20-7-10(3)18(12(14)19)13(15,16)17/h4-6,10H,7H2,1-3H3. The fraction of sp³-hybridized carbons (Fsp3) is 0.462. The van der Waals surface area contributed by atoms with Crippen LogP contribution in [-0.4, -0.2) is 30.0 Å². The third-order valence-corrected chi connectivity index (χ3v) is 2.78. The molecule has 20 heavy (non-hydrogen) atoms. The van der Waals surface area contributed by atoms with E-state index in [2.05, 4.69) is 0 Å². The first kappa shape index (κ1) is 16.3. The van der Waals surface area contributed by atoms with Crippen LogP contribution in [0.3, 0.4) is 0 Å². The van der Waals surface area contributed by atoms with Crippen LogP contribution in [-0.2, 0) is 0 Å². The molecule has 0 N–H and O–H groups in total. The fourth-order valence-corrected chi connectivity index (χ4v) is 1.83. The SMILES string of the molecule is Cc1cccc(C)c1OCC(C)N(C(=O)F)C(F)(F)F. The molecule has 0 fully saturated rings. The number of rotatable bonds is 4. The van der Waals surface area contributed by atoms with Gasteiger partial charge in [-0.15, -0.1) is 17.6 Å². The number of benzene rings is 1. The normalized spacial score (nSPS) is 12.9. The van der Waals surface area contributed by atoms with Crippen molar-refractivity contribution in [3.63, 3.8) is 0 Å². The van der Waals surface area contributed by atoms with Crippen LogP contribution >= 0.6 is 0 Å². The number of amides is 1. The van der Waals surface area contributed by atoms with E-state index in [1.807, 2.05) is 0 Å². The van der Waals surface area contributed by atoms with Crippen LogP contribution in [0, 0.1) is 13.8 Å². The number of aryl methyl sites for hydroxylation is 2. The quantitative estimate of drug-likeness (QED) is 0.477. The number of para-hydroxylation sites is 1. The van der Waals surface area contributed by atoms with Crippen molar-refractivity contribution in [2.75, 3.05) is 6.61 Å². The fourth-order valence-electron chi connectivity index (χ4n) is 1.83. The Morgan fingerprint density at radius 3 is 2.20 bits per heavy atom. The topological polar surface area (TPSA) is 29.5 Å². The Kier molecular flexibility index (Phi) is 4.97. The van der Waals surface area contributed by atoms with Crippen LogP contribution in [0.15, 0.2) is 18.2 Å². The van der Waals surface area contributed by atoms with Crippen LogP contribution in [0.2, 0.25) is 0 Å². The van der Waals surface area contributed by atoms with E-state index in [9.17, 15) is 22.4 Å². The van der Waals surface area contributed by atoms with Gasteiger partial charge < -0.3 is 4.74 Å². The molecule has 0 saturated carbocycles. The van der Waals surface area contributed by atoms with Gasteiger partial charge in [0.15, 0.2) is 0 Å². The molecule has 7 heteroatoms. The van der Waals surface area contributed by atoms with Crippen molar-refractivity contribution in [3.8, 4) is 5.75 Å². The molecular formula is C13H15F4NO2. The van der Waals surface area contributed by atoms with Gasteiger partial charge in [0.25, 0.3) is 0 Å². The summed E-state index contributed by atoms with van der Waals surface area (Å²) in [6.07, 6.45) is -7.62. The first-order valence-corrected chi connectivity index (χ1v) is 5.89. The van der Waals surface area contributed by atoms with E-state index in [4.69, 9.17) is 4.74 Å². The zero-order valence-corrected chi connectivity index (χ0v) is 11.3. The third-order valence-electron chi connectivity index (χ3n) is 2.78. The van der Waals surface area contributed by atoms with Crippen molar-refractivity contribution in [2.24, 2.45) is 0 Å². The van der Waals surface area contributed by atoms with E-state index in [1.54, 1.807) is 32.0 Å². The van der Waals surface area contributed by atoms with Crippen LogP contribution in [0.5, 0.6) is 5.75 Å². The highest BCUT2D eigenvalue weighted by Gasteiger charge is 2.44. The van der Waals surface area contributed by atoms with Crippen molar-refractivity contribution < 1.29 is 27.1 Å². The van der Waals surface area contributed by atoms with E-state index in [0.717, 1.165) is 18.1 Å². The zero-order valence-electron chi connectivity index (χ0n) is 11.3. The predicted molar refractivity (Wildman–Crippen MR) is 65.3 cm³/mol. The zero-order chi connectivity index (χ0) is 15.5. The molecular weight excluding hydrogens is 278 g/mol. The second kappa shape index (κ2) is 6.11. The van der Waals surface area contributed by atoms with Gasteiger partial charge in [-0.2, -0.15) is 0 Å². The highest BCUT2D eigenvalue weighted by atomic mass is 19.4.